The number of aliphatic carboxylic acids is 1. The van der Waals surface area contributed by atoms with Gasteiger partial charge < -0.3 is 26.5 Å². The van der Waals surface area contributed by atoms with E-state index in [4.69, 9.17) is 27.3 Å². The number of aromatic nitrogens is 1. The van der Waals surface area contributed by atoms with Crippen LogP contribution in [0.3, 0.4) is 0 Å². The average molecular weight is 486 g/mol. The summed E-state index contributed by atoms with van der Waals surface area (Å²) in [7, 11) is 0. The number of hydrogen-bond acceptors (Lipinski definition) is 11. The Bertz CT molecular complexity index is 1000. The van der Waals surface area contributed by atoms with Gasteiger partial charge in [0.25, 0.3) is 18.3 Å². The molecule has 6 N–H and O–H groups in total. The number of nitrogen functional groups attached to an aromatic ring is 1. The molecule has 1 aromatic heterocycles. The Morgan fingerprint density at radius 2 is 2.23 bits per heavy atom. The number of anilines is 1. The fourth-order valence-corrected chi connectivity index (χ4v) is 5.51. The highest BCUT2D eigenvalue weighted by Gasteiger charge is 2.54. The van der Waals surface area contributed by atoms with Crippen LogP contribution in [0.2, 0.25) is 0 Å². The molecule has 31 heavy (non-hydrogen) atoms. The standard InChI is InChI=1S/C15H13N5O5S3.CH2O2/c1-2-3-26-7-5-27-13-9(12(22)20(13)10(7)14(23)24)18-11(21)8(19-25)6-4-28-15(16)17-6;2-1-3/h1,4,9,13,25H,3,5H2,(H2,16,17)(H,18,21)(H,23,24);1H,(H,2,3)/b19-8-;/t9-,13-;/m1./s1. The molecule has 1 aromatic rings. The lowest BCUT2D eigenvalue weighted by atomic mass is 10.0. The number of nitrogens with zero attached hydrogens (tertiary/aromatic N) is 3. The second kappa shape index (κ2) is 10.7. The van der Waals surface area contributed by atoms with Crippen molar-refractivity contribution >= 4 is 70.0 Å². The van der Waals surface area contributed by atoms with E-state index in [1.54, 1.807) is 0 Å². The zero-order valence-electron chi connectivity index (χ0n) is 15.4. The zero-order chi connectivity index (χ0) is 23.1. The van der Waals surface area contributed by atoms with E-state index < -0.39 is 29.2 Å². The summed E-state index contributed by atoms with van der Waals surface area (Å²) < 4.78 is 0. The van der Waals surface area contributed by atoms with Gasteiger partial charge in [0.2, 0.25) is 0 Å². The van der Waals surface area contributed by atoms with Gasteiger partial charge in [0.15, 0.2) is 10.8 Å². The van der Waals surface area contributed by atoms with Crippen molar-refractivity contribution in [3.05, 3.63) is 21.7 Å². The maximum atomic E-state index is 12.5. The van der Waals surface area contributed by atoms with Crippen molar-refractivity contribution in [2.24, 2.45) is 5.16 Å². The molecular weight excluding hydrogens is 470 g/mol. The molecule has 1 saturated heterocycles. The third-order valence-corrected chi connectivity index (χ3v) is 6.97. The first-order valence-corrected chi connectivity index (χ1v) is 11.0. The van der Waals surface area contributed by atoms with E-state index in [-0.39, 0.29) is 34.5 Å². The summed E-state index contributed by atoms with van der Waals surface area (Å²) in [5, 5.41) is 32.0. The molecule has 0 aliphatic carbocycles. The first-order valence-electron chi connectivity index (χ1n) is 8.10. The monoisotopic (exact) mass is 485 g/mol. The summed E-state index contributed by atoms with van der Waals surface area (Å²) in [5.41, 5.74) is 5.07. The molecule has 0 unspecified atom stereocenters. The van der Waals surface area contributed by atoms with E-state index >= 15 is 0 Å². The van der Waals surface area contributed by atoms with Gasteiger partial charge in [0, 0.05) is 16.0 Å². The van der Waals surface area contributed by atoms with Gasteiger partial charge in [-0.15, -0.1) is 41.3 Å². The van der Waals surface area contributed by atoms with Crippen LogP contribution in [0.5, 0.6) is 0 Å². The quantitative estimate of drug-likeness (QED) is 0.0883. The number of carboxylic acids is 1. The SMILES string of the molecule is C#CCSC1=C(C(=O)O)N2C(=O)[C@@H](NC(=O)/C(=N\O)c3csc(N)n3)[C@H]2SC1.O=CO. The van der Waals surface area contributed by atoms with E-state index in [1.807, 2.05) is 0 Å². The fourth-order valence-electron chi connectivity index (χ4n) is 2.65. The van der Waals surface area contributed by atoms with Crippen LogP contribution in [-0.4, -0.2) is 78.2 Å². The van der Waals surface area contributed by atoms with Gasteiger partial charge in [0.05, 0.1) is 5.75 Å². The smallest absolute Gasteiger partial charge is 0.353 e. The number of nitrogens with one attached hydrogen (secondary N) is 1. The van der Waals surface area contributed by atoms with Crippen LogP contribution < -0.4 is 11.1 Å². The minimum Gasteiger partial charge on any atom is -0.483 e. The van der Waals surface area contributed by atoms with E-state index in [0.717, 1.165) is 16.2 Å². The number of rotatable bonds is 6. The second-order valence-electron chi connectivity index (χ2n) is 5.56. The summed E-state index contributed by atoms with van der Waals surface area (Å²) in [5.74, 6) is 0.417. The van der Waals surface area contributed by atoms with E-state index in [2.05, 4.69) is 21.4 Å². The van der Waals surface area contributed by atoms with E-state index in [0.29, 0.717) is 10.7 Å². The molecule has 2 amide bonds. The molecule has 164 valence electrons. The normalized spacial score (nSPS) is 19.9. The number of fused-ring (bicyclic) bond motifs is 1. The molecule has 1 fully saturated rings. The number of thioether (sulfide) groups is 2. The van der Waals surface area contributed by atoms with Crippen molar-refractivity contribution in [1.82, 2.24) is 15.2 Å². The Balaban J connectivity index is 0.00000107. The molecule has 0 bridgehead atoms. The number of carbonyl (C=O) groups excluding carboxylic acids is 2. The number of amides is 2. The van der Waals surface area contributed by atoms with Crippen molar-refractivity contribution in [3.8, 4) is 12.3 Å². The molecule has 3 heterocycles. The van der Waals surface area contributed by atoms with Crippen molar-refractivity contribution in [2.45, 2.75) is 11.4 Å². The average Bonchev–Trinajstić information content (AvgIpc) is 3.16. The van der Waals surface area contributed by atoms with Crippen LogP contribution in [0.4, 0.5) is 5.13 Å². The van der Waals surface area contributed by atoms with Crippen LogP contribution in [-0.2, 0) is 19.2 Å². The Kier molecular flexibility index (Phi) is 8.30. The molecule has 2 aliphatic rings. The highest BCUT2D eigenvalue weighted by Crippen LogP contribution is 2.43. The maximum absolute atomic E-state index is 12.5. The summed E-state index contributed by atoms with van der Waals surface area (Å²) >= 11 is 3.56. The molecule has 0 radical (unpaired) electrons. The first-order chi connectivity index (χ1) is 14.8. The number of terminal acetylenes is 1. The largest absolute Gasteiger partial charge is 0.483 e. The molecule has 0 saturated carbocycles. The molecular formula is C16H15N5O7S3. The van der Waals surface area contributed by atoms with Gasteiger partial charge in [0.1, 0.15) is 22.8 Å². The van der Waals surface area contributed by atoms with Crippen molar-refractivity contribution in [1.29, 1.82) is 0 Å². The van der Waals surface area contributed by atoms with Gasteiger partial charge in [-0.2, -0.15) is 0 Å². The number of thiazole rings is 1. The van der Waals surface area contributed by atoms with E-state index in [1.165, 1.54) is 28.9 Å². The third-order valence-electron chi connectivity index (χ3n) is 3.83. The molecule has 12 nitrogen and oxygen atoms in total. The Morgan fingerprint density at radius 1 is 1.55 bits per heavy atom. The topological polar surface area (TPSA) is 196 Å². The van der Waals surface area contributed by atoms with Crippen molar-refractivity contribution in [2.75, 3.05) is 17.2 Å². The lowest BCUT2D eigenvalue weighted by molar-refractivity contribution is -0.150. The minimum atomic E-state index is -1.24. The molecule has 2 atom stereocenters. The Hall–Kier alpha value is -3.22. The molecule has 2 aliphatic heterocycles. The van der Waals surface area contributed by atoms with Crippen LogP contribution >= 0.6 is 34.9 Å². The molecule has 15 heteroatoms. The number of nitrogens with two attached hydrogens (primary N) is 1. The number of hydrogen-bond donors (Lipinski definition) is 5. The summed E-state index contributed by atoms with van der Waals surface area (Å²) in [4.78, 5) is 50.5. The van der Waals surface area contributed by atoms with Gasteiger partial charge in [-0.05, 0) is 0 Å². The van der Waals surface area contributed by atoms with Crippen LogP contribution in [0.1, 0.15) is 5.69 Å². The molecule has 0 aromatic carbocycles. The third kappa shape index (κ3) is 5.10. The highest BCUT2D eigenvalue weighted by atomic mass is 32.2. The molecule has 0 spiro atoms. The summed E-state index contributed by atoms with van der Waals surface area (Å²) in [6.45, 7) is -0.250. The highest BCUT2D eigenvalue weighted by molar-refractivity contribution is 8.06. The van der Waals surface area contributed by atoms with E-state index in [9.17, 15) is 19.5 Å². The van der Waals surface area contributed by atoms with Gasteiger partial charge in [-0.1, -0.05) is 11.1 Å². The van der Waals surface area contributed by atoms with Gasteiger partial charge in [-0.25, -0.2) is 9.78 Å². The number of carboxylic acid groups (broad SMARTS) is 2. The number of β-lactam (4-membered cyclic amide) rings is 1. The predicted molar refractivity (Wildman–Crippen MR) is 115 cm³/mol. The minimum absolute atomic E-state index is 0.0708. The lowest BCUT2D eigenvalue weighted by Crippen LogP contribution is -2.71. The summed E-state index contributed by atoms with van der Waals surface area (Å²) in [6.07, 6.45) is 5.22. The first kappa shape index (κ1) is 24.1. The van der Waals surface area contributed by atoms with Crippen LogP contribution in [0.15, 0.2) is 21.1 Å². The number of carbonyl (C=O) groups is 4. The van der Waals surface area contributed by atoms with Crippen molar-refractivity contribution < 1.29 is 34.6 Å². The zero-order valence-corrected chi connectivity index (χ0v) is 17.9. The van der Waals surface area contributed by atoms with Crippen LogP contribution in [0, 0.1) is 12.3 Å². The fraction of sp³-hybridized carbons (Fsp3) is 0.250. The summed E-state index contributed by atoms with van der Waals surface area (Å²) in [6, 6.07) is -0.959. The predicted octanol–water partition coefficient (Wildman–Crippen LogP) is -0.333. The number of oxime groups is 1. The van der Waals surface area contributed by atoms with Crippen molar-refractivity contribution in [3.63, 3.8) is 0 Å². The Morgan fingerprint density at radius 3 is 2.74 bits per heavy atom. The van der Waals surface area contributed by atoms with Crippen LogP contribution in [0.25, 0.3) is 0 Å². The lowest BCUT2D eigenvalue weighted by Gasteiger charge is -2.49. The maximum Gasteiger partial charge on any atom is 0.353 e. The van der Waals surface area contributed by atoms with Gasteiger partial charge in [-0.3, -0.25) is 19.3 Å². The second-order valence-corrected chi connectivity index (χ2v) is 8.62. The molecule has 3 rings (SSSR count). The van der Waals surface area contributed by atoms with Gasteiger partial charge >= 0.3 is 5.97 Å². The Labute approximate surface area is 187 Å².